The molecule has 68 valence electrons. The van der Waals surface area contributed by atoms with Crippen LogP contribution < -0.4 is 0 Å². The van der Waals surface area contributed by atoms with Crippen molar-refractivity contribution in [2.75, 3.05) is 5.75 Å². The van der Waals surface area contributed by atoms with Gasteiger partial charge in [0, 0.05) is 17.7 Å². The Balaban J connectivity index is 2.85. The Bertz CT molecular complexity index is 322. The van der Waals surface area contributed by atoms with Crippen molar-refractivity contribution in [1.29, 1.82) is 0 Å². The monoisotopic (exact) mass is 190 g/mol. The molecule has 0 aliphatic heterocycles. The fourth-order valence-electron chi connectivity index (χ4n) is 1.27. The lowest BCUT2D eigenvalue weighted by molar-refractivity contribution is 1.31. The molecule has 0 atom stereocenters. The third-order valence-corrected chi connectivity index (χ3v) is 1.91. The molecule has 0 aliphatic rings. The Morgan fingerprint density at radius 2 is 1.77 bits per heavy atom. The molecule has 0 saturated heterocycles. The number of hydrogen-bond acceptors (Lipinski definition) is 1. The Morgan fingerprint density at radius 3 is 2.31 bits per heavy atom. The van der Waals surface area contributed by atoms with E-state index >= 15 is 0 Å². The molecule has 0 unspecified atom stereocenters. The summed E-state index contributed by atoms with van der Waals surface area (Å²) in [5.74, 6) is 7.04. The van der Waals surface area contributed by atoms with Gasteiger partial charge in [0.1, 0.15) is 0 Å². The second-order valence-corrected chi connectivity index (χ2v) is 3.60. The minimum atomic E-state index is 0.831. The molecule has 1 aromatic rings. The van der Waals surface area contributed by atoms with Crippen molar-refractivity contribution in [3.05, 3.63) is 34.9 Å². The van der Waals surface area contributed by atoms with E-state index in [0.29, 0.717) is 0 Å². The molecule has 0 fully saturated rings. The average molecular weight is 190 g/mol. The summed E-state index contributed by atoms with van der Waals surface area (Å²) in [6.45, 7) is 4.19. The maximum absolute atomic E-state index is 4.11. The van der Waals surface area contributed by atoms with E-state index < -0.39 is 0 Å². The highest BCUT2D eigenvalue weighted by Gasteiger charge is 1.90. The van der Waals surface area contributed by atoms with Crippen LogP contribution in [0.1, 0.15) is 23.1 Å². The Labute approximate surface area is 85.8 Å². The van der Waals surface area contributed by atoms with Crippen molar-refractivity contribution in [1.82, 2.24) is 0 Å². The fourth-order valence-corrected chi connectivity index (χ4v) is 1.38. The first-order chi connectivity index (χ1) is 6.22. The average Bonchev–Trinajstić information content (AvgIpc) is 2.03. The number of hydrogen-bond donors (Lipinski definition) is 1. The Kier molecular flexibility index (Phi) is 3.92. The van der Waals surface area contributed by atoms with Crippen LogP contribution in [0.3, 0.4) is 0 Å². The van der Waals surface area contributed by atoms with Gasteiger partial charge in [0.2, 0.25) is 0 Å². The summed E-state index contributed by atoms with van der Waals surface area (Å²) in [4.78, 5) is 0. The zero-order valence-electron chi connectivity index (χ0n) is 8.09. The largest absolute Gasteiger partial charge is 0.178 e. The van der Waals surface area contributed by atoms with Crippen molar-refractivity contribution in [3.8, 4) is 11.8 Å². The highest BCUT2D eigenvalue weighted by Crippen LogP contribution is 2.07. The van der Waals surface area contributed by atoms with Crippen LogP contribution in [0.15, 0.2) is 18.2 Å². The molecular formula is C12H14S. The molecule has 0 aromatic heterocycles. The molecule has 1 rings (SSSR count). The van der Waals surface area contributed by atoms with E-state index in [0.717, 1.165) is 17.7 Å². The maximum Gasteiger partial charge on any atom is 0.0250 e. The summed E-state index contributed by atoms with van der Waals surface area (Å²) in [6.07, 6.45) is 0.857. The van der Waals surface area contributed by atoms with Crippen molar-refractivity contribution in [3.63, 3.8) is 0 Å². The first-order valence-electron chi connectivity index (χ1n) is 4.40. The van der Waals surface area contributed by atoms with Crippen LogP contribution in [0.5, 0.6) is 0 Å². The molecule has 1 heteroatoms. The van der Waals surface area contributed by atoms with Crippen LogP contribution in [0.25, 0.3) is 0 Å². The minimum absolute atomic E-state index is 0.831. The lowest BCUT2D eigenvalue weighted by Crippen LogP contribution is -1.81. The number of thiol groups is 1. The van der Waals surface area contributed by atoms with Crippen molar-refractivity contribution < 1.29 is 0 Å². The molecule has 0 heterocycles. The third kappa shape index (κ3) is 3.57. The van der Waals surface area contributed by atoms with Gasteiger partial charge in [0.05, 0.1) is 0 Å². The number of rotatable bonds is 1. The number of aryl methyl sites for hydroxylation is 2. The predicted molar refractivity (Wildman–Crippen MR) is 61.3 cm³/mol. The molecule has 1 aromatic carbocycles. The molecule has 0 saturated carbocycles. The molecule has 0 aliphatic carbocycles. The van der Waals surface area contributed by atoms with Gasteiger partial charge in [0.25, 0.3) is 0 Å². The summed E-state index contributed by atoms with van der Waals surface area (Å²) in [7, 11) is 0. The molecule has 0 radical (unpaired) electrons. The fraction of sp³-hybridized carbons (Fsp3) is 0.333. The van der Waals surface area contributed by atoms with E-state index in [2.05, 4.69) is 56.5 Å². The van der Waals surface area contributed by atoms with E-state index in [4.69, 9.17) is 0 Å². The highest BCUT2D eigenvalue weighted by molar-refractivity contribution is 7.80. The zero-order chi connectivity index (χ0) is 9.68. The van der Waals surface area contributed by atoms with Gasteiger partial charge in [-0.1, -0.05) is 17.9 Å². The van der Waals surface area contributed by atoms with Crippen LogP contribution in [-0.4, -0.2) is 5.75 Å². The molecule has 0 spiro atoms. The van der Waals surface area contributed by atoms with Crippen molar-refractivity contribution in [2.24, 2.45) is 0 Å². The summed E-state index contributed by atoms with van der Waals surface area (Å²) in [6, 6.07) is 6.38. The topological polar surface area (TPSA) is 0 Å². The lowest BCUT2D eigenvalue weighted by atomic mass is 10.1. The van der Waals surface area contributed by atoms with E-state index in [9.17, 15) is 0 Å². The highest BCUT2D eigenvalue weighted by atomic mass is 32.1. The van der Waals surface area contributed by atoms with Crippen LogP contribution >= 0.6 is 12.6 Å². The van der Waals surface area contributed by atoms with Gasteiger partial charge in [-0.2, -0.15) is 12.6 Å². The van der Waals surface area contributed by atoms with Gasteiger partial charge in [-0.3, -0.25) is 0 Å². The number of benzene rings is 1. The van der Waals surface area contributed by atoms with Crippen LogP contribution in [-0.2, 0) is 0 Å². The normalized spacial score (nSPS) is 9.15. The van der Waals surface area contributed by atoms with Crippen molar-refractivity contribution >= 4 is 12.6 Å². The smallest absolute Gasteiger partial charge is 0.0250 e. The predicted octanol–water partition coefficient (Wildman–Crippen LogP) is 2.97. The standard InChI is InChI=1S/C12H14S/c1-10-7-11(2)9-12(8-10)5-3-4-6-13/h7-9,13H,4,6H2,1-2H3. The summed E-state index contributed by atoms with van der Waals surface area (Å²) in [5.41, 5.74) is 3.66. The van der Waals surface area contributed by atoms with Crippen molar-refractivity contribution in [2.45, 2.75) is 20.3 Å². The molecule has 13 heavy (non-hydrogen) atoms. The molecule has 0 bridgehead atoms. The van der Waals surface area contributed by atoms with Gasteiger partial charge < -0.3 is 0 Å². The zero-order valence-corrected chi connectivity index (χ0v) is 8.99. The first kappa shape index (κ1) is 10.2. The van der Waals surface area contributed by atoms with Crippen LogP contribution in [0.4, 0.5) is 0 Å². The second kappa shape index (κ2) is 4.99. The molecule has 0 amide bonds. The third-order valence-electron chi connectivity index (χ3n) is 1.69. The van der Waals surface area contributed by atoms with E-state index in [1.54, 1.807) is 0 Å². The van der Waals surface area contributed by atoms with Gasteiger partial charge in [0.15, 0.2) is 0 Å². The summed E-state index contributed by atoms with van der Waals surface area (Å²) >= 11 is 4.11. The molecular weight excluding hydrogens is 176 g/mol. The maximum atomic E-state index is 4.11. The summed E-state index contributed by atoms with van der Waals surface area (Å²) < 4.78 is 0. The molecule has 0 nitrogen and oxygen atoms in total. The van der Waals surface area contributed by atoms with Gasteiger partial charge in [-0.25, -0.2) is 0 Å². The van der Waals surface area contributed by atoms with Crippen LogP contribution in [0, 0.1) is 25.7 Å². The SMILES string of the molecule is Cc1cc(C)cc(C#CCCS)c1. The first-order valence-corrected chi connectivity index (χ1v) is 5.03. The second-order valence-electron chi connectivity index (χ2n) is 3.15. The quantitative estimate of drug-likeness (QED) is 0.511. The minimum Gasteiger partial charge on any atom is -0.178 e. The van der Waals surface area contributed by atoms with Gasteiger partial charge in [-0.15, -0.1) is 0 Å². The van der Waals surface area contributed by atoms with Crippen LogP contribution in [0.2, 0.25) is 0 Å². The van der Waals surface area contributed by atoms with E-state index in [1.165, 1.54) is 11.1 Å². The van der Waals surface area contributed by atoms with E-state index in [-0.39, 0.29) is 0 Å². The van der Waals surface area contributed by atoms with Gasteiger partial charge in [-0.05, 0) is 37.1 Å². The Hall–Kier alpha value is -0.870. The van der Waals surface area contributed by atoms with Gasteiger partial charge >= 0.3 is 0 Å². The summed E-state index contributed by atoms with van der Waals surface area (Å²) in [5, 5.41) is 0. The molecule has 0 N–H and O–H groups in total. The lowest BCUT2D eigenvalue weighted by Gasteiger charge is -1.97. The Morgan fingerprint density at radius 1 is 1.15 bits per heavy atom. The van der Waals surface area contributed by atoms with E-state index in [1.807, 2.05) is 0 Å².